The monoisotopic (exact) mass is 375 g/mol. The molecule has 144 valence electrons. The Morgan fingerprint density at radius 3 is 2.71 bits per heavy atom. The van der Waals surface area contributed by atoms with E-state index in [0.717, 1.165) is 27.7 Å². The number of hydrogen-bond acceptors (Lipinski definition) is 4. The minimum Gasteiger partial charge on any atom is -0.424 e. The third-order valence-electron chi connectivity index (χ3n) is 5.77. The molecule has 5 rings (SSSR count). The summed E-state index contributed by atoms with van der Waals surface area (Å²) in [5.41, 5.74) is 5.12. The van der Waals surface area contributed by atoms with Gasteiger partial charge in [-0.3, -0.25) is 0 Å². The van der Waals surface area contributed by atoms with Crippen molar-refractivity contribution in [2.45, 2.75) is 44.7 Å². The quantitative estimate of drug-likeness (QED) is 0.504. The van der Waals surface area contributed by atoms with Crippen LogP contribution in [0.15, 0.2) is 53.1 Å². The summed E-state index contributed by atoms with van der Waals surface area (Å²) < 4.78 is 7.99. The Hall–Kier alpha value is -2.79. The van der Waals surface area contributed by atoms with Gasteiger partial charge in [-0.2, -0.15) is 4.98 Å². The first kappa shape index (κ1) is 17.3. The molecule has 28 heavy (non-hydrogen) atoms. The molecule has 0 aliphatic heterocycles. The van der Waals surface area contributed by atoms with Gasteiger partial charge in [-0.05, 0) is 54.3 Å². The lowest BCUT2D eigenvalue weighted by atomic mass is 9.96. The second kappa shape index (κ2) is 7.32. The zero-order valence-electron chi connectivity index (χ0n) is 15.9. The number of aromatic nitrogens is 2. The van der Waals surface area contributed by atoms with Crippen LogP contribution >= 0.6 is 0 Å². The van der Waals surface area contributed by atoms with Crippen LogP contribution in [0.3, 0.4) is 0 Å². The van der Waals surface area contributed by atoms with E-state index in [9.17, 15) is 5.11 Å². The molecule has 0 radical (unpaired) electrons. The van der Waals surface area contributed by atoms with Crippen molar-refractivity contribution in [3.8, 4) is 11.1 Å². The largest absolute Gasteiger partial charge is 0.424 e. The maximum absolute atomic E-state index is 9.19. The van der Waals surface area contributed by atoms with Crippen LogP contribution in [-0.2, 0) is 6.54 Å². The molecule has 5 nitrogen and oxygen atoms in total. The number of nitrogens with zero attached hydrogens (tertiary/aromatic N) is 2. The van der Waals surface area contributed by atoms with Gasteiger partial charge in [0, 0.05) is 29.7 Å². The second-order valence-corrected chi connectivity index (χ2v) is 7.69. The molecule has 1 fully saturated rings. The summed E-state index contributed by atoms with van der Waals surface area (Å²) in [6, 6.07) is 15.8. The number of oxazole rings is 1. The molecule has 2 N–H and O–H groups in total. The van der Waals surface area contributed by atoms with Crippen LogP contribution in [0, 0.1) is 0 Å². The maximum Gasteiger partial charge on any atom is 0.295 e. The predicted octanol–water partition coefficient (Wildman–Crippen LogP) is 5.19. The van der Waals surface area contributed by atoms with Crippen molar-refractivity contribution in [2.75, 3.05) is 11.9 Å². The van der Waals surface area contributed by atoms with E-state index >= 15 is 0 Å². The Morgan fingerprint density at radius 2 is 1.86 bits per heavy atom. The third kappa shape index (κ3) is 3.27. The molecule has 5 heteroatoms. The number of rotatable bonds is 5. The molecule has 0 atom stereocenters. The summed E-state index contributed by atoms with van der Waals surface area (Å²) in [4.78, 5) is 4.67. The van der Waals surface area contributed by atoms with Gasteiger partial charge >= 0.3 is 0 Å². The number of anilines is 1. The van der Waals surface area contributed by atoms with Crippen molar-refractivity contribution < 1.29 is 9.52 Å². The number of benzene rings is 2. The van der Waals surface area contributed by atoms with Gasteiger partial charge in [-0.1, -0.05) is 31.4 Å². The first-order valence-corrected chi connectivity index (χ1v) is 10.2. The zero-order chi connectivity index (χ0) is 18.9. The number of aliphatic hydroxyl groups is 1. The third-order valence-corrected chi connectivity index (χ3v) is 5.77. The molecule has 1 aliphatic rings. The first-order valence-electron chi connectivity index (χ1n) is 10.2. The number of fused-ring (bicyclic) bond motifs is 2. The minimum absolute atomic E-state index is 0.144. The van der Waals surface area contributed by atoms with Crippen LogP contribution in [0.1, 0.15) is 32.1 Å². The normalized spacial score (nSPS) is 15.5. The van der Waals surface area contributed by atoms with Gasteiger partial charge in [0.2, 0.25) is 0 Å². The molecule has 2 aromatic heterocycles. The van der Waals surface area contributed by atoms with Crippen LogP contribution in [0.4, 0.5) is 6.01 Å². The average molecular weight is 375 g/mol. The number of hydrogen-bond donors (Lipinski definition) is 2. The average Bonchev–Trinajstić information content (AvgIpc) is 3.31. The standard InChI is InChI=1S/C23H25N3O2/c27-13-12-26-11-10-18-14-16(6-8-21(18)26)17-7-9-22-20(15-17)25-23(28-22)24-19-4-2-1-3-5-19/h6-11,14-15,19,27H,1-5,12-13H2,(H,24,25). The van der Waals surface area contributed by atoms with E-state index in [-0.39, 0.29) is 6.61 Å². The molecular weight excluding hydrogens is 350 g/mol. The molecule has 1 saturated carbocycles. The Labute approximate surface area is 164 Å². The van der Waals surface area contributed by atoms with Crippen molar-refractivity contribution in [2.24, 2.45) is 0 Å². The summed E-state index contributed by atoms with van der Waals surface area (Å²) in [7, 11) is 0. The fourth-order valence-corrected chi connectivity index (χ4v) is 4.27. The summed E-state index contributed by atoms with van der Waals surface area (Å²) in [6.07, 6.45) is 8.31. The molecule has 0 amide bonds. The fourth-order valence-electron chi connectivity index (χ4n) is 4.27. The van der Waals surface area contributed by atoms with E-state index in [1.54, 1.807) is 0 Å². The first-order chi connectivity index (χ1) is 13.8. The van der Waals surface area contributed by atoms with Gasteiger partial charge < -0.3 is 19.4 Å². The zero-order valence-corrected chi connectivity index (χ0v) is 15.9. The van der Waals surface area contributed by atoms with Gasteiger partial charge in [0.05, 0.1) is 6.61 Å². The summed E-state index contributed by atoms with van der Waals surface area (Å²) in [5.74, 6) is 0. The minimum atomic E-state index is 0.144. The van der Waals surface area contributed by atoms with Crippen LogP contribution in [0.25, 0.3) is 33.1 Å². The fraction of sp³-hybridized carbons (Fsp3) is 0.348. The molecule has 0 saturated heterocycles. The molecule has 4 aromatic rings. The van der Waals surface area contributed by atoms with Gasteiger partial charge in [0.15, 0.2) is 5.58 Å². The summed E-state index contributed by atoms with van der Waals surface area (Å²) in [6.45, 7) is 0.760. The van der Waals surface area contributed by atoms with E-state index in [1.807, 2.05) is 12.3 Å². The Kier molecular flexibility index (Phi) is 4.53. The highest BCUT2D eigenvalue weighted by Crippen LogP contribution is 2.30. The highest BCUT2D eigenvalue weighted by molar-refractivity contribution is 5.88. The molecule has 2 heterocycles. The lowest BCUT2D eigenvalue weighted by Gasteiger charge is -2.21. The lowest BCUT2D eigenvalue weighted by molar-refractivity contribution is 0.278. The van der Waals surface area contributed by atoms with E-state index in [4.69, 9.17) is 4.42 Å². The molecule has 0 unspecified atom stereocenters. The van der Waals surface area contributed by atoms with Gasteiger partial charge in [0.1, 0.15) is 5.52 Å². The molecular formula is C23H25N3O2. The van der Waals surface area contributed by atoms with Crippen molar-refractivity contribution in [3.63, 3.8) is 0 Å². The van der Waals surface area contributed by atoms with Gasteiger partial charge in [0.25, 0.3) is 6.01 Å². The second-order valence-electron chi connectivity index (χ2n) is 7.69. The number of aliphatic hydroxyl groups excluding tert-OH is 1. The van der Waals surface area contributed by atoms with Crippen LogP contribution in [-0.4, -0.2) is 27.3 Å². The number of nitrogens with one attached hydrogen (secondary N) is 1. The SMILES string of the molecule is OCCn1ccc2cc(-c3ccc4oc(NC5CCCCC5)nc4c3)ccc21. The Bertz CT molecular complexity index is 1110. The predicted molar refractivity (Wildman–Crippen MR) is 113 cm³/mol. The van der Waals surface area contributed by atoms with Crippen LogP contribution in [0.2, 0.25) is 0 Å². The van der Waals surface area contributed by atoms with Crippen molar-refractivity contribution >= 4 is 28.0 Å². The van der Waals surface area contributed by atoms with E-state index in [0.29, 0.717) is 18.6 Å². The highest BCUT2D eigenvalue weighted by Gasteiger charge is 2.16. The maximum atomic E-state index is 9.19. The lowest BCUT2D eigenvalue weighted by Crippen LogP contribution is -2.22. The topological polar surface area (TPSA) is 63.2 Å². The van der Waals surface area contributed by atoms with Crippen molar-refractivity contribution in [1.29, 1.82) is 0 Å². The molecule has 1 aliphatic carbocycles. The molecule has 0 spiro atoms. The Morgan fingerprint density at radius 1 is 1.04 bits per heavy atom. The van der Waals surface area contributed by atoms with Crippen molar-refractivity contribution in [3.05, 3.63) is 48.7 Å². The van der Waals surface area contributed by atoms with Crippen molar-refractivity contribution in [1.82, 2.24) is 9.55 Å². The Balaban J connectivity index is 1.43. The van der Waals surface area contributed by atoms with Gasteiger partial charge in [-0.15, -0.1) is 0 Å². The van der Waals surface area contributed by atoms with E-state index in [2.05, 4.69) is 51.3 Å². The molecule has 2 aromatic carbocycles. The van der Waals surface area contributed by atoms with E-state index < -0.39 is 0 Å². The van der Waals surface area contributed by atoms with Crippen LogP contribution < -0.4 is 5.32 Å². The van der Waals surface area contributed by atoms with E-state index in [1.165, 1.54) is 37.5 Å². The van der Waals surface area contributed by atoms with Crippen LogP contribution in [0.5, 0.6) is 0 Å². The summed E-state index contributed by atoms with van der Waals surface area (Å²) >= 11 is 0. The molecule has 0 bridgehead atoms. The summed E-state index contributed by atoms with van der Waals surface area (Å²) in [5, 5.41) is 13.8. The smallest absolute Gasteiger partial charge is 0.295 e. The van der Waals surface area contributed by atoms with Gasteiger partial charge in [-0.25, -0.2) is 0 Å². The highest BCUT2D eigenvalue weighted by atomic mass is 16.4.